The second-order valence-electron chi connectivity index (χ2n) is 3.00. The molecule has 78 valence electrons. The van der Waals surface area contributed by atoms with Crippen LogP contribution in [0.5, 0.6) is 0 Å². The van der Waals surface area contributed by atoms with E-state index in [0.717, 1.165) is 0 Å². The van der Waals surface area contributed by atoms with Crippen LogP contribution in [-0.4, -0.2) is 25.9 Å². The monoisotopic (exact) mass is 206 g/mol. The molecule has 4 N–H and O–H groups in total. The van der Waals surface area contributed by atoms with Gasteiger partial charge in [-0.25, -0.2) is 0 Å². The topological polar surface area (TPSA) is 102 Å². The second-order valence-corrected chi connectivity index (χ2v) is 3.00. The number of nitrogens with zero attached hydrogens (tertiary/aromatic N) is 3. The van der Waals surface area contributed by atoms with Crippen molar-refractivity contribution in [3.05, 3.63) is 24.2 Å². The van der Waals surface area contributed by atoms with Gasteiger partial charge >= 0.3 is 0 Å². The maximum Gasteiger partial charge on any atom is 0.277 e. The van der Waals surface area contributed by atoms with E-state index in [1.54, 1.807) is 19.3 Å². The Morgan fingerprint density at radius 3 is 3.00 bits per heavy atom. The van der Waals surface area contributed by atoms with Gasteiger partial charge in [0, 0.05) is 13.1 Å². The molecule has 7 nitrogen and oxygen atoms in total. The van der Waals surface area contributed by atoms with Crippen LogP contribution in [0.1, 0.15) is 10.5 Å². The molecule has 0 radical (unpaired) electrons. The van der Waals surface area contributed by atoms with Gasteiger partial charge in [0.2, 0.25) is 0 Å². The molecular weight excluding hydrogens is 196 g/mol. The van der Waals surface area contributed by atoms with Gasteiger partial charge in [0.15, 0.2) is 0 Å². The fourth-order valence-corrected chi connectivity index (χ4v) is 1.24. The van der Waals surface area contributed by atoms with E-state index in [2.05, 4.69) is 20.6 Å². The van der Waals surface area contributed by atoms with Crippen molar-refractivity contribution in [2.24, 2.45) is 7.05 Å². The molecule has 0 aliphatic carbocycles. The van der Waals surface area contributed by atoms with Crippen LogP contribution in [0.2, 0.25) is 0 Å². The lowest BCUT2D eigenvalue weighted by Crippen LogP contribution is -2.17. The highest BCUT2D eigenvalue weighted by Crippen LogP contribution is 2.11. The summed E-state index contributed by atoms with van der Waals surface area (Å²) in [6.07, 6.45) is 2.98. The van der Waals surface area contributed by atoms with Gasteiger partial charge in [0.25, 0.3) is 5.91 Å². The highest BCUT2D eigenvalue weighted by Gasteiger charge is 2.15. The van der Waals surface area contributed by atoms with E-state index in [1.165, 1.54) is 10.9 Å². The lowest BCUT2D eigenvalue weighted by atomic mass is 10.3. The molecule has 1 amide bonds. The van der Waals surface area contributed by atoms with Crippen molar-refractivity contribution in [1.29, 1.82) is 0 Å². The fraction of sp³-hybridized carbons (Fsp3) is 0.125. The number of aryl methyl sites for hydroxylation is 1. The predicted molar refractivity (Wildman–Crippen MR) is 54.2 cm³/mol. The number of anilines is 2. The third kappa shape index (κ3) is 1.66. The van der Waals surface area contributed by atoms with Crippen molar-refractivity contribution >= 4 is 17.4 Å². The van der Waals surface area contributed by atoms with E-state index in [4.69, 9.17) is 5.73 Å². The molecular formula is C8H10N6O. The van der Waals surface area contributed by atoms with Crippen LogP contribution in [0.4, 0.5) is 11.5 Å². The number of rotatable bonds is 2. The molecule has 0 saturated carbocycles. The maximum atomic E-state index is 11.7. The number of nitrogens with one attached hydrogen (secondary N) is 2. The number of aromatic amines is 1. The van der Waals surface area contributed by atoms with E-state index in [0.29, 0.717) is 17.2 Å². The Hall–Kier alpha value is -2.31. The molecule has 0 atom stereocenters. The minimum Gasteiger partial charge on any atom is -0.396 e. The van der Waals surface area contributed by atoms with Crippen LogP contribution < -0.4 is 11.1 Å². The minimum atomic E-state index is -0.322. The van der Waals surface area contributed by atoms with Crippen LogP contribution >= 0.6 is 0 Å². The molecule has 0 bridgehead atoms. The van der Waals surface area contributed by atoms with Crippen molar-refractivity contribution in [2.75, 3.05) is 11.1 Å². The Balaban J connectivity index is 2.22. The minimum absolute atomic E-state index is 0.322. The zero-order valence-electron chi connectivity index (χ0n) is 8.06. The number of carbonyl (C=O) groups is 1. The molecule has 15 heavy (non-hydrogen) atoms. The third-order valence-electron chi connectivity index (χ3n) is 1.93. The zero-order valence-corrected chi connectivity index (χ0v) is 8.06. The first kappa shape index (κ1) is 9.25. The number of nitrogens with two attached hydrogens (primary N) is 1. The van der Waals surface area contributed by atoms with Gasteiger partial charge in [0.1, 0.15) is 11.5 Å². The van der Waals surface area contributed by atoms with Gasteiger partial charge in [-0.05, 0) is 0 Å². The lowest BCUT2D eigenvalue weighted by molar-refractivity contribution is 0.101. The number of hydrogen-bond acceptors (Lipinski definition) is 4. The summed E-state index contributed by atoms with van der Waals surface area (Å²) in [5, 5.41) is 12.8. The highest BCUT2D eigenvalue weighted by atomic mass is 16.2. The Morgan fingerprint density at radius 2 is 2.47 bits per heavy atom. The van der Waals surface area contributed by atoms with E-state index in [1.807, 2.05) is 0 Å². The zero-order chi connectivity index (χ0) is 10.8. The van der Waals surface area contributed by atoms with Crippen LogP contribution in [0, 0.1) is 0 Å². The summed E-state index contributed by atoms with van der Waals surface area (Å²) in [5.74, 6) is 0.192. The first-order valence-electron chi connectivity index (χ1n) is 4.26. The number of amides is 1. The first-order chi connectivity index (χ1) is 7.18. The molecule has 0 aliphatic heterocycles. The van der Waals surface area contributed by atoms with E-state index in [-0.39, 0.29) is 5.91 Å². The molecule has 0 spiro atoms. The van der Waals surface area contributed by atoms with Crippen LogP contribution in [0.15, 0.2) is 18.5 Å². The molecule has 2 aromatic rings. The fourth-order valence-electron chi connectivity index (χ4n) is 1.24. The molecule has 2 rings (SSSR count). The quantitative estimate of drug-likeness (QED) is 0.642. The SMILES string of the molecule is Cn1ncc(N)c1C(=O)Nc1ccn[nH]1. The molecule has 0 aliphatic rings. The molecule has 0 fully saturated rings. The molecule has 0 saturated heterocycles. The van der Waals surface area contributed by atoms with Crippen molar-refractivity contribution in [2.45, 2.75) is 0 Å². The van der Waals surface area contributed by atoms with Gasteiger partial charge in [-0.1, -0.05) is 0 Å². The maximum absolute atomic E-state index is 11.7. The highest BCUT2D eigenvalue weighted by molar-refractivity contribution is 6.05. The summed E-state index contributed by atoms with van der Waals surface area (Å²) in [7, 11) is 1.65. The molecule has 7 heteroatoms. The number of carbonyl (C=O) groups excluding carboxylic acids is 1. The molecule has 2 heterocycles. The van der Waals surface area contributed by atoms with E-state index in [9.17, 15) is 4.79 Å². The summed E-state index contributed by atoms with van der Waals surface area (Å²) in [5.41, 5.74) is 6.27. The van der Waals surface area contributed by atoms with Crippen LogP contribution in [0.3, 0.4) is 0 Å². The van der Waals surface area contributed by atoms with Crippen molar-refractivity contribution in [3.63, 3.8) is 0 Å². The predicted octanol–water partition coefficient (Wildman–Crippen LogP) is -0.0223. The van der Waals surface area contributed by atoms with Gasteiger partial charge < -0.3 is 11.1 Å². The lowest BCUT2D eigenvalue weighted by Gasteiger charge is -2.03. The Bertz CT molecular complexity index is 452. The van der Waals surface area contributed by atoms with Crippen LogP contribution in [0.25, 0.3) is 0 Å². The number of hydrogen-bond donors (Lipinski definition) is 3. The average Bonchev–Trinajstić information content (AvgIpc) is 2.77. The standard InChI is InChI=1S/C8H10N6O/c1-14-7(5(9)4-11-14)8(15)12-6-2-3-10-13-6/h2-4H,9H2,1H3,(H2,10,12,13,15). The largest absolute Gasteiger partial charge is 0.396 e. The Kier molecular flexibility index (Phi) is 2.13. The van der Waals surface area contributed by atoms with Gasteiger partial charge in [-0.2, -0.15) is 10.2 Å². The van der Waals surface area contributed by atoms with Crippen molar-refractivity contribution < 1.29 is 4.79 Å². The Labute approximate surface area is 85.3 Å². The molecule has 2 aromatic heterocycles. The third-order valence-corrected chi connectivity index (χ3v) is 1.93. The molecule has 0 unspecified atom stereocenters. The van der Waals surface area contributed by atoms with Gasteiger partial charge in [0.05, 0.1) is 18.1 Å². The van der Waals surface area contributed by atoms with Crippen molar-refractivity contribution in [3.8, 4) is 0 Å². The summed E-state index contributed by atoms with van der Waals surface area (Å²) in [6, 6.07) is 1.64. The van der Waals surface area contributed by atoms with Gasteiger partial charge in [-0.3, -0.25) is 14.6 Å². The normalized spacial score (nSPS) is 10.2. The second kappa shape index (κ2) is 3.45. The summed E-state index contributed by atoms with van der Waals surface area (Å²) < 4.78 is 1.42. The van der Waals surface area contributed by atoms with Gasteiger partial charge in [-0.15, -0.1) is 0 Å². The average molecular weight is 206 g/mol. The number of H-pyrrole nitrogens is 1. The van der Waals surface area contributed by atoms with E-state index < -0.39 is 0 Å². The summed E-state index contributed by atoms with van der Waals surface area (Å²) in [4.78, 5) is 11.7. The number of nitrogen functional groups attached to an aromatic ring is 1. The van der Waals surface area contributed by atoms with E-state index >= 15 is 0 Å². The summed E-state index contributed by atoms with van der Waals surface area (Å²) >= 11 is 0. The first-order valence-corrected chi connectivity index (χ1v) is 4.26. The molecule has 0 aromatic carbocycles. The smallest absolute Gasteiger partial charge is 0.277 e. The van der Waals surface area contributed by atoms with Crippen molar-refractivity contribution in [1.82, 2.24) is 20.0 Å². The van der Waals surface area contributed by atoms with Crippen LogP contribution in [-0.2, 0) is 7.05 Å². The Morgan fingerprint density at radius 1 is 1.67 bits per heavy atom. The summed E-state index contributed by atoms with van der Waals surface area (Å²) in [6.45, 7) is 0. The number of aromatic nitrogens is 4.